The predicted octanol–water partition coefficient (Wildman–Crippen LogP) is 6.10. The van der Waals surface area contributed by atoms with Crippen molar-refractivity contribution in [1.29, 1.82) is 0 Å². The molecule has 8 heteroatoms. The molecule has 0 aliphatic rings. The molecule has 0 heterocycles. The minimum Gasteiger partial charge on any atom is -0.478 e. The van der Waals surface area contributed by atoms with Crippen LogP contribution in [0, 0.1) is 0 Å². The number of aliphatic hydroxyl groups excluding tert-OH is 2. The van der Waals surface area contributed by atoms with Crippen molar-refractivity contribution < 1.29 is 39.0 Å². The van der Waals surface area contributed by atoms with E-state index in [0.29, 0.717) is 25.4 Å². The highest BCUT2D eigenvalue weighted by atomic mass is 16.4. The van der Waals surface area contributed by atoms with Crippen molar-refractivity contribution >= 4 is 11.9 Å². The molecule has 0 aromatic carbocycles. The normalized spacial score (nSPS) is 11.5. The van der Waals surface area contributed by atoms with Crippen LogP contribution in [-0.4, -0.2) is 107 Å². The van der Waals surface area contributed by atoms with Gasteiger partial charge in [0, 0.05) is 12.2 Å². The first-order valence-electron chi connectivity index (χ1n) is 16.2. The van der Waals surface area contributed by atoms with E-state index in [1.165, 1.54) is 116 Å². The van der Waals surface area contributed by atoms with Crippen molar-refractivity contribution in [1.82, 2.24) is 0 Å². The number of aliphatic carboxylic acids is 2. The summed E-state index contributed by atoms with van der Waals surface area (Å²) in [5.41, 5.74) is 0. The Morgan fingerprint density at radius 2 is 0.650 bits per heavy atom. The van der Waals surface area contributed by atoms with Gasteiger partial charge in [0.05, 0.1) is 52.5 Å². The van der Waals surface area contributed by atoms with Gasteiger partial charge in [0.15, 0.2) is 0 Å². The summed E-state index contributed by atoms with van der Waals surface area (Å²) in [6.45, 7) is 23.7. The standard InChI is InChI=1S/2C14H32NO.C4H4O4/c2*1-4-7-10-15(13-14-16,11-8-5-2)12-9-6-3;5-3(6)1-2-4(7)8/h2*16H,4-14H2,1-3H3;1-2H,(H,5,6)(H,7,8)/q2*+1;/b;;2-1+. The lowest BCUT2D eigenvalue weighted by molar-refractivity contribution is -0.929. The smallest absolute Gasteiger partial charge is 0.328 e. The van der Waals surface area contributed by atoms with Crippen molar-refractivity contribution in [3.8, 4) is 0 Å². The van der Waals surface area contributed by atoms with Gasteiger partial charge in [0.1, 0.15) is 13.1 Å². The van der Waals surface area contributed by atoms with Crippen LogP contribution in [0.2, 0.25) is 0 Å². The minimum atomic E-state index is -1.26. The van der Waals surface area contributed by atoms with Gasteiger partial charge in [-0.1, -0.05) is 80.1 Å². The molecule has 40 heavy (non-hydrogen) atoms. The van der Waals surface area contributed by atoms with E-state index in [1.54, 1.807) is 0 Å². The molecule has 8 nitrogen and oxygen atoms in total. The molecule has 0 aromatic rings. The van der Waals surface area contributed by atoms with Gasteiger partial charge in [0.25, 0.3) is 0 Å². The fraction of sp³-hybridized carbons (Fsp3) is 0.875. The van der Waals surface area contributed by atoms with Crippen LogP contribution < -0.4 is 0 Å². The summed E-state index contributed by atoms with van der Waals surface area (Å²) in [5.74, 6) is -2.51. The average molecular weight is 577 g/mol. The van der Waals surface area contributed by atoms with Crippen LogP contribution in [0.3, 0.4) is 0 Å². The van der Waals surface area contributed by atoms with Crippen LogP contribution in [0.4, 0.5) is 0 Å². The third-order valence-corrected chi connectivity index (χ3v) is 7.43. The third-order valence-electron chi connectivity index (χ3n) is 7.43. The molecule has 0 saturated carbocycles. The Morgan fingerprint density at radius 3 is 0.775 bits per heavy atom. The maximum atomic E-state index is 9.55. The van der Waals surface area contributed by atoms with Gasteiger partial charge in [-0.25, -0.2) is 9.59 Å². The van der Waals surface area contributed by atoms with Crippen molar-refractivity contribution in [2.75, 3.05) is 65.6 Å². The summed E-state index contributed by atoms with van der Waals surface area (Å²) in [4.78, 5) is 19.1. The first-order valence-corrected chi connectivity index (χ1v) is 16.2. The van der Waals surface area contributed by atoms with Gasteiger partial charge < -0.3 is 29.4 Å². The summed E-state index contributed by atoms with van der Waals surface area (Å²) in [6, 6.07) is 0. The number of unbranched alkanes of at least 4 members (excludes halogenated alkanes) is 6. The largest absolute Gasteiger partial charge is 0.478 e. The molecule has 0 spiro atoms. The SMILES string of the molecule is CCCC[N+](CCO)(CCCC)CCCC.CCCC[N+](CCO)(CCCC)CCCC.O=C(O)/C=C/C(=O)O. The molecule has 4 N–H and O–H groups in total. The second-order valence-corrected chi connectivity index (χ2v) is 11.1. The van der Waals surface area contributed by atoms with E-state index in [-0.39, 0.29) is 0 Å². The summed E-state index contributed by atoms with van der Waals surface area (Å²) in [6.07, 6.45) is 16.5. The van der Waals surface area contributed by atoms with Crippen LogP contribution in [0.15, 0.2) is 12.2 Å². The van der Waals surface area contributed by atoms with E-state index >= 15 is 0 Å². The lowest BCUT2D eigenvalue weighted by atomic mass is 10.1. The monoisotopic (exact) mass is 577 g/mol. The minimum absolute atomic E-state index is 0.344. The zero-order chi connectivity index (χ0) is 31.1. The molecule has 0 bridgehead atoms. The molecule has 0 unspecified atom stereocenters. The quantitative estimate of drug-likeness (QED) is 0.0815. The highest BCUT2D eigenvalue weighted by Crippen LogP contribution is 2.15. The molecule has 0 aliphatic carbocycles. The number of carbonyl (C=O) groups is 2. The van der Waals surface area contributed by atoms with E-state index in [1.807, 2.05) is 0 Å². The second kappa shape index (κ2) is 30.5. The molecule has 0 fully saturated rings. The van der Waals surface area contributed by atoms with Crippen molar-refractivity contribution in [3.63, 3.8) is 0 Å². The lowest BCUT2D eigenvalue weighted by Crippen LogP contribution is -2.51. The maximum absolute atomic E-state index is 9.55. The number of carboxylic acids is 2. The number of hydrogen-bond acceptors (Lipinski definition) is 4. The molecule has 0 atom stereocenters. The van der Waals surface area contributed by atoms with E-state index < -0.39 is 11.9 Å². The zero-order valence-corrected chi connectivity index (χ0v) is 27.2. The molecule has 0 amide bonds. The first-order chi connectivity index (χ1) is 19.1. The molecular weight excluding hydrogens is 508 g/mol. The van der Waals surface area contributed by atoms with Gasteiger partial charge in [0.2, 0.25) is 0 Å². The van der Waals surface area contributed by atoms with E-state index in [4.69, 9.17) is 10.2 Å². The summed E-state index contributed by atoms with van der Waals surface area (Å²) in [7, 11) is 0. The molecule has 240 valence electrons. The van der Waals surface area contributed by atoms with Crippen LogP contribution in [0.5, 0.6) is 0 Å². The van der Waals surface area contributed by atoms with Crippen LogP contribution >= 0.6 is 0 Å². The second-order valence-electron chi connectivity index (χ2n) is 11.1. The highest BCUT2D eigenvalue weighted by molar-refractivity contribution is 5.89. The van der Waals surface area contributed by atoms with Crippen LogP contribution in [-0.2, 0) is 9.59 Å². The van der Waals surface area contributed by atoms with Gasteiger partial charge in [-0.3, -0.25) is 0 Å². The van der Waals surface area contributed by atoms with Gasteiger partial charge in [-0.05, 0) is 38.5 Å². The Bertz CT molecular complexity index is 504. The summed E-state index contributed by atoms with van der Waals surface area (Å²) >= 11 is 0. The van der Waals surface area contributed by atoms with Gasteiger partial charge >= 0.3 is 11.9 Å². The number of hydrogen-bond donors (Lipinski definition) is 4. The Labute approximate surface area is 247 Å². The molecular formula is C32H68N2O6+2. The van der Waals surface area contributed by atoms with E-state index in [0.717, 1.165) is 22.1 Å². The van der Waals surface area contributed by atoms with Gasteiger partial charge in [-0.15, -0.1) is 0 Å². The maximum Gasteiger partial charge on any atom is 0.328 e. The van der Waals surface area contributed by atoms with E-state index in [9.17, 15) is 19.8 Å². The third kappa shape index (κ3) is 26.7. The van der Waals surface area contributed by atoms with Crippen LogP contribution in [0.1, 0.15) is 119 Å². The highest BCUT2D eigenvalue weighted by Gasteiger charge is 2.25. The molecule has 0 aliphatic heterocycles. The fourth-order valence-electron chi connectivity index (χ4n) is 4.87. The van der Waals surface area contributed by atoms with Crippen molar-refractivity contribution in [2.24, 2.45) is 0 Å². The number of quaternary nitrogens is 2. The Kier molecular flexibility index (Phi) is 32.7. The fourth-order valence-corrected chi connectivity index (χ4v) is 4.87. The van der Waals surface area contributed by atoms with E-state index in [2.05, 4.69) is 41.5 Å². The Hall–Kier alpha value is -1.48. The Balaban J connectivity index is -0.000000543. The van der Waals surface area contributed by atoms with Crippen molar-refractivity contribution in [3.05, 3.63) is 12.2 Å². The predicted molar refractivity (Wildman–Crippen MR) is 167 cm³/mol. The van der Waals surface area contributed by atoms with Crippen molar-refractivity contribution in [2.45, 2.75) is 119 Å². The molecule has 0 aromatic heterocycles. The number of carboxylic acid groups (broad SMARTS) is 2. The first kappa shape index (κ1) is 43.0. The summed E-state index contributed by atoms with van der Waals surface area (Å²) < 4.78 is 2.32. The molecule has 0 radical (unpaired) electrons. The Morgan fingerprint density at radius 1 is 0.450 bits per heavy atom. The molecule has 0 rings (SSSR count). The zero-order valence-electron chi connectivity index (χ0n) is 27.2. The lowest BCUT2D eigenvalue weighted by Gasteiger charge is -2.38. The average Bonchev–Trinajstić information content (AvgIpc) is 2.94. The summed E-state index contributed by atoms with van der Waals surface area (Å²) in [5, 5.41) is 34.2. The topological polar surface area (TPSA) is 115 Å². The number of nitrogens with zero attached hydrogens (tertiary/aromatic N) is 2. The van der Waals surface area contributed by atoms with Crippen LogP contribution in [0.25, 0.3) is 0 Å². The molecule has 0 saturated heterocycles. The van der Waals surface area contributed by atoms with Gasteiger partial charge in [-0.2, -0.15) is 0 Å². The number of aliphatic hydroxyl groups is 2. The number of rotatable bonds is 24.